The minimum atomic E-state index is -0.118. The SMILES string of the molecule is COc1cc(C(C)C)ccc1CN(C)C(=O)CCO. The number of amides is 1. The third kappa shape index (κ3) is 4.24. The number of aliphatic hydroxyl groups is 1. The van der Waals surface area contributed by atoms with Crippen LogP contribution in [-0.4, -0.2) is 36.7 Å². The Morgan fingerprint density at radius 3 is 2.63 bits per heavy atom. The molecule has 0 fully saturated rings. The van der Waals surface area contributed by atoms with Crippen molar-refractivity contribution in [3.8, 4) is 5.75 Å². The highest BCUT2D eigenvalue weighted by atomic mass is 16.5. The van der Waals surface area contributed by atoms with E-state index >= 15 is 0 Å². The van der Waals surface area contributed by atoms with E-state index in [-0.39, 0.29) is 18.9 Å². The van der Waals surface area contributed by atoms with Crippen molar-refractivity contribution in [1.82, 2.24) is 4.90 Å². The van der Waals surface area contributed by atoms with Crippen LogP contribution in [0.25, 0.3) is 0 Å². The third-order valence-corrected chi connectivity index (χ3v) is 3.14. The molecule has 1 rings (SSSR count). The Kier molecular flexibility index (Phi) is 5.83. The molecule has 0 aliphatic carbocycles. The number of carbonyl (C=O) groups excluding carboxylic acids is 1. The molecule has 1 N–H and O–H groups in total. The molecule has 0 unspecified atom stereocenters. The van der Waals surface area contributed by atoms with E-state index in [0.29, 0.717) is 12.5 Å². The lowest BCUT2D eigenvalue weighted by molar-refractivity contribution is -0.131. The van der Waals surface area contributed by atoms with Gasteiger partial charge < -0.3 is 14.7 Å². The van der Waals surface area contributed by atoms with E-state index in [1.54, 1.807) is 19.1 Å². The summed E-state index contributed by atoms with van der Waals surface area (Å²) < 4.78 is 5.39. The first-order valence-corrected chi connectivity index (χ1v) is 6.51. The van der Waals surface area contributed by atoms with Gasteiger partial charge in [-0.1, -0.05) is 26.0 Å². The lowest BCUT2D eigenvalue weighted by atomic mass is 10.0. The topological polar surface area (TPSA) is 49.8 Å². The molecule has 0 saturated heterocycles. The molecule has 0 spiro atoms. The molecular weight excluding hydrogens is 242 g/mol. The van der Waals surface area contributed by atoms with Crippen LogP contribution in [0.2, 0.25) is 0 Å². The molecule has 106 valence electrons. The zero-order valence-corrected chi connectivity index (χ0v) is 12.1. The molecule has 0 aromatic heterocycles. The van der Waals surface area contributed by atoms with Crippen LogP contribution in [0.15, 0.2) is 18.2 Å². The van der Waals surface area contributed by atoms with Crippen molar-refractivity contribution in [2.45, 2.75) is 32.7 Å². The molecule has 0 aliphatic heterocycles. The van der Waals surface area contributed by atoms with Gasteiger partial charge in [-0.05, 0) is 17.5 Å². The second-order valence-corrected chi connectivity index (χ2v) is 4.95. The third-order valence-electron chi connectivity index (χ3n) is 3.14. The van der Waals surface area contributed by atoms with Gasteiger partial charge in [0.1, 0.15) is 5.75 Å². The van der Waals surface area contributed by atoms with Gasteiger partial charge in [0, 0.05) is 25.6 Å². The summed E-state index contributed by atoms with van der Waals surface area (Å²) in [5.41, 5.74) is 2.19. The molecule has 0 heterocycles. The first kappa shape index (κ1) is 15.5. The summed E-state index contributed by atoms with van der Waals surface area (Å²) in [6.07, 6.45) is 0.156. The Bertz CT molecular complexity index is 429. The average molecular weight is 265 g/mol. The van der Waals surface area contributed by atoms with Crippen LogP contribution in [0.1, 0.15) is 37.3 Å². The minimum absolute atomic E-state index is 0.0718. The Labute approximate surface area is 115 Å². The van der Waals surface area contributed by atoms with Gasteiger partial charge in [0.25, 0.3) is 0 Å². The van der Waals surface area contributed by atoms with Crippen molar-refractivity contribution in [3.63, 3.8) is 0 Å². The molecule has 1 aromatic rings. The Hall–Kier alpha value is -1.55. The van der Waals surface area contributed by atoms with E-state index in [4.69, 9.17) is 9.84 Å². The zero-order valence-electron chi connectivity index (χ0n) is 12.1. The fraction of sp³-hybridized carbons (Fsp3) is 0.533. The summed E-state index contributed by atoms with van der Waals surface area (Å²) in [7, 11) is 3.37. The summed E-state index contributed by atoms with van der Waals surface area (Å²) >= 11 is 0. The number of hydrogen-bond donors (Lipinski definition) is 1. The van der Waals surface area contributed by atoms with Gasteiger partial charge >= 0.3 is 0 Å². The van der Waals surface area contributed by atoms with Crippen LogP contribution in [0, 0.1) is 0 Å². The molecule has 4 heteroatoms. The number of ether oxygens (including phenoxy) is 1. The molecular formula is C15H23NO3. The molecule has 0 bridgehead atoms. The van der Waals surface area contributed by atoms with Crippen LogP contribution in [0.4, 0.5) is 0 Å². The average Bonchev–Trinajstić information content (AvgIpc) is 2.39. The van der Waals surface area contributed by atoms with Crippen LogP contribution < -0.4 is 4.74 Å². The Morgan fingerprint density at radius 1 is 1.42 bits per heavy atom. The molecule has 0 atom stereocenters. The quantitative estimate of drug-likeness (QED) is 0.857. The number of benzene rings is 1. The van der Waals surface area contributed by atoms with E-state index in [9.17, 15) is 4.79 Å². The standard InChI is InChI=1S/C15H23NO3/c1-11(2)12-5-6-13(14(9-12)19-4)10-16(3)15(18)7-8-17/h5-6,9,11,17H,7-8,10H2,1-4H3. The monoisotopic (exact) mass is 265 g/mol. The Balaban J connectivity index is 2.86. The minimum Gasteiger partial charge on any atom is -0.496 e. The smallest absolute Gasteiger partial charge is 0.224 e. The van der Waals surface area contributed by atoms with Crippen LogP contribution in [-0.2, 0) is 11.3 Å². The molecule has 0 radical (unpaired) electrons. The molecule has 0 saturated carbocycles. The largest absolute Gasteiger partial charge is 0.496 e. The van der Waals surface area contributed by atoms with Gasteiger partial charge in [-0.25, -0.2) is 0 Å². The number of nitrogens with zero attached hydrogens (tertiary/aromatic N) is 1. The van der Waals surface area contributed by atoms with Gasteiger partial charge in [0.05, 0.1) is 13.7 Å². The number of methoxy groups -OCH3 is 1. The highest BCUT2D eigenvalue weighted by Crippen LogP contribution is 2.25. The molecule has 19 heavy (non-hydrogen) atoms. The lowest BCUT2D eigenvalue weighted by Gasteiger charge is -2.19. The lowest BCUT2D eigenvalue weighted by Crippen LogP contribution is -2.26. The second kappa shape index (κ2) is 7.14. The zero-order chi connectivity index (χ0) is 14.4. The fourth-order valence-electron chi connectivity index (χ4n) is 1.88. The number of aliphatic hydroxyl groups excluding tert-OH is 1. The fourth-order valence-corrected chi connectivity index (χ4v) is 1.88. The van der Waals surface area contributed by atoms with E-state index in [2.05, 4.69) is 19.9 Å². The number of carbonyl (C=O) groups is 1. The molecule has 4 nitrogen and oxygen atoms in total. The summed E-state index contributed by atoms with van der Waals surface area (Å²) in [5.74, 6) is 1.17. The van der Waals surface area contributed by atoms with Gasteiger partial charge in [-0.3, -0.25) is 4.79 Å². The van der Waals surface area contributed by atoms with Crippen LogP contribution in [0.3, 0.4) is 0 Å². The van der Waals surface area contributed by atoms with Crippen molar-refractivity contribution in [3.05, 3.63) is 29.3 Å². The predicted molar refractivity (Wildman–Crippen MR) is 75.3 cm³/mol. The summed E-state index contributed by atoms with van der Waals surface area (Å²) in [6, 6.07) is 6.08. The normalized spacial score (nSPS) is 10.6. The van der Waals surface area contributed by atoms with Gasteiger partial charge in [0.2, 0.25) is 5.91 Å². The van der Waals surface area contributed by atoms with Crippen molar-refractivity contribution in [1.29, 1.82) is 0 Å². The summed E-state index contributed by atoms with van der Waals surface area (Å²) in [4.78, 5) is 13.2. The van der Waals surface area contributed by atoms with Crippen LogP contribution >= 0.6 is 0 Å². The maximum absolute atomic E-state index is 11.6. The highest BCUT2D eigenvalue weighted by Gasteiger charge is 2.12. The van der Waals surface area contributed by atoms with Gasteiger partial charge in [0.15, 0.2) is 0 Å². The molecule has 0 aliphatic rings. The van der Waals surface area contributed by atoms with E-state index in [1.165, 1.54) is 5.56 Å². The van der Waals surface area contributed by atoms with E-state index in [0.717, 1.165) is 11.3 Å². The highest BCUT2D eigenvalue weighted by molar-refractivity contribution is 5.76. The predicted octanol–water partition coefficient (Wildman–Crippen LogP) is 2.16. The first-order chi connectivity index (χ1) is 8.99. The number of rotatable bonds is 6. The van der Waals surface area contributed by atoms with E-state index < -0.39 is 0 Å². The van der Waals surface area contributed by atoms with Gasteiger partial charge in [-0.15, -0.1) is 0 Å². The Morgan fingerprint density at radius 2 is 2.11 bits per heavy atom. The maximum atomic E-state index is 11.6. The maximum Gasteiger partial charge on any atom is 0.224 e. The molecule has 1 amide bonds. The summed E-state index contributed by atoms with van der Waals surface area (Å²) in [6.45, 7) is 4.63. The van der Waals surface area contributed by atoms with E-state index in [1.807, 2.05) is 12.1 Å². The van der Waals surface area contributed by atoms with Crippen molar-refractivity contribution >= 4 is 5.91 Å². The first-order valence-electron chi connectivity index (χ1n) is 6.51. The molecule has 1 aromatic carbocycles. The van der Waals surface area contributed by atoms with Crippen LogP contribution in [0.5, 0.6) is 5.75 Å². The van der Waals surface area contributed by atoms with Crippen molar-refractivity contribution in [2.24, 2.45) is 0 Å². The van der Waals surface area contributed by atoms with Gasteiger partial charge in [-0.2, -0.15) is 0 Å². The number of hydrogen-bond acceptors (Lipinski definition) is 3. The second-order valence-electron chi connectivity index (χ2n) is 4.95. The van der Waals surface area contributed by atoms with Crippen molar-refractivity contribution < 1.29 is 14.6 Å². The summed E-state index contributed by atoms with van der Waals surface area (Å²) in [5, 5.41) is 8.78. The van der Waals surface area contributed by atoms with Crippen molar-refractivity contribution in [2.75, 3.05) is 20.8 Å².